The van der Waals surface area contributed by atoms with Crippen LogP contribution in [0.15, 0.2) is 49.1 Å². The van der Waals surface area contributed by atoms with E-state index in [2.05, 4.69) is 25.3 Å². The number of hydrogen-bond donors (Lipinski definition) is 1. The van der Waals surface area contributed by atoms with Crippen LogP contribution in [0, 0.1) is 11.7 Å². The van der Waals surface area contributed by atoms with Crippen LogP contribution in [0.4, 0.5) is 23.5 Å². The maximum atomic E-state index is 14.8. The normalized spacial score (nSPS) is 22.0. The third-order valence-electron chi connectivity index (χ3n) is 6.37. The maximum Gasteiger partial charge on any atom is 0.419 e. The Labute approximate surface area is 192 Å². The summed E-state index contributed by atoms with van der Waals surface area (Å²) >= 11 is 0. The predicted molar refractivity (Wildman–Crippen MR) is 114 cm³/mol. The zero-order chi connectivity index (χ0) is 23.9. The second-order valence-electron chi connectivity index (χ2n) is 8.48. The molecule has 0 radical (unpaired) electrons. The van der Waals surface area contributed by atoms with Crippen molar-refractivity contribution in [2.75, 3.05) is 11.9 Å². The molecule has 11 heteroatoms. The van der Waals surface area contributed by atoms with Crippen molar-refractivity contribution >= 4 is 11.9 Å². The molecule has 1 saturated carbocycles. The molecule has 4 heterocycles. The molecule has 3 fully saturated rings. The van der Waals surface area contributed by atoms with E-state index in [1.54, 1.807) is 17.0 Å². The van der Waals surface area contributed by atoms with Gasteiger partial charge in [-0.2, -0.15) is 13.2 Å². The van der Waals surface area contributed by atoms with E-state index in [4.69, 9.17) is 0 Å². The van der Waals surface area contributed by atoms with E-state index in [0.717, 1.165) is 25.2 Å². The fourth-order valence-corrected chi connectivity index (χ4v) is 4.81. The van der Waals surface area contributed by atoms with Crippen molar-refractivity contribution in [2.45, 2.75) is 37.5 Å². The molecule has 7 nitrogen and oxygen atoms in total. The lowest BCUT2D eigenvalue weighted by Crippen LogP contribution is -2.60. The molecule has 2 aromatic heterocycles. The summed E-state index contributed by atoms with van der Waals surface area (Å²) in [6, 6.07) is 5.42. The first kappa shape index (κ1) is 22.2. The van der Waals surface area contributed by atoms with Crippen molar-refractivity contribution in [3.8, 4) is 11.4 Å². The first-order valence-electron chi connectivity index (χ1n) is 10.8. The second kappa shape index (κ2) is 8.62. The average molecular weight is 472 g/mol. The Balaban J connectivity index is 1.40. The summed E-state index contributed by atoms with van der Waals surface area (Å²) in [6.07, 6.45) is 2.29. The first-order valence-corrected chi connectivity index (χ1v) is 10.8. The molecule has 0 unspecified atom stereocenters. The van der Waals surface area contributed by atoms with E-state index in [1.165, 1.54) is 24.5 Å². The number of carbonyl (C=O) groups is 1. The maximum absolute atomic E-state index is 14.8. The zero-order valence-electron chi connectivity index (χ0n) is 17.8. The fourth-order valence-electron chi connectivity index (χ4n) is 4.81. The van der Waals surface area contributed by atoms with Crippen LogP contribution in [0.25, 0.3) is 11.4 Å². The quantitative estimate of drug-likeness (QED) is 0.573. The number of nitrogens with one attached hydrogen (secondary N) is 1. The van der Waals surface area contributed by atoms with Crippen LogP contribution < -0.4 is 5.32 Å². The highest BCUT2D eigenvalue weighted by atomic mass is 19.4. The molecule has 176 valence electrons. The standard InChI is InChI=1S/C23H20F4N6O/c24-16-4-1-3-15(19(16)20-28-7-2-8-29-20)21(34)33-12-13-5-6-18(33)17(9-13)32-22-30-10-14(11-31-22)23(25,26)27/h1-4,7-8,10-11,13,17-18H,5-6,9,12H2,(H,30,31,32)/t13-,17-,18+/m1/s1. The SMILES string of the molecule is O=C(c1cccc(F)c1-c1ncccn1)N1C[C@@H]2CC[C@H]1[C@H](Nc1ncc(C(F)(F)F)cn1)C2. The van der Waals surface area contributed by atoms with Gasteiger partial charge in [-0.05, 0) is 43.4 Å². The van der Waals surface area contributed by atoms with Gasteiger partial charge in [0.15, 0.2) is 5.82 Å². The lowest BCUT2D eigenvalue weighted by molar-refractivity contribution is -0.138. The predicted octanol–water partition coefficient (Wildman–Crippen LogP) is 4.20. The summed E-state index contributed by atoms with van der Waals surface area (Å²) in [5.74, 6) is -0.532. The molecular weight excluding hydrogens is 452 g/mol. The fraction of sp³-hybridized carbons (Fsp3) is 0.348. The van der Waals surface area contributed by atoms with E-state index in [9.17, 15) is 22.4 Å². The van der Waals surface area contributed by atoms with Gasteiger partial charge in [-0.1, -0.05) is 6.07 Å². The summed E-state index contributed by atoms with van der Waals surface area (Å²) in [5, 5.41) is 3.10. The second-order valence-corrected chi connectivity index (χ2v) is 8.48. The molecule has 3 atom stereocenters. The van der Waals surface area contributed by atoms with E-state index < -0.39 is 17.6 Å². The van der Waals surface area contributed by atoms with Crippen molar-refractivity contribution in [3.63, 3.8) is 0 Å². The number of hydrogen-bond acceptors (Lipinski definition) is 6. The molecule has 3 aliphatic rings. The summed E-state index contributed by atoms with van der Waals surface area (Å²) in [5.41, 5.74) is -0.713. The molecule has 1 amide bonds. The first-order chi connectivity index (χ1) is 16.3. The number of fused-ring (bicyclic) bond motifs is 3. The number of halogens is 4. The van der Waals surface area contributed by atoms with Gasteiger partial charge < -0.3 is 10.2 Å². The van der Waals surface area contributed by atoms with Crippen LogP contribution in [-0.4, -0.2) is 49.4 Å². The van der Waals surface area contributed by atoms with E-state index in [-0.39, 0.29) is 46.8 Å². The number of alkyl halides is 3. The smallest absolute Gasteiger partial charge is 0.349 e. The molecule has 1 N–H and O–H groups in total. The van der Waals surface area contributed by atoms with Crippen LogP contribution in [0.2, 0.25) is 0 Å². The minimum Gasteiger partial charge on any atom is -0.349 e. The van der Waals surface area contributed by atoms with Gasteiger partial charge in [0.25, 0.3) is 5.91 Å². The molecule has 1 aromatic carbocycles. The number of benzene rings is 1. The van der Waals surface area contributed by atoms with Gasteiger partial charge in [-0.25, -0.2) is 24.3 Å². The molecule has 2 aliphatic heterocycles. The Kier molecular flexibility index (Phi) is 5.62. The van der Waals surface area contributed by atoms with Crippen LogP contribution in [-0.2, 0) is 6.18 Å². The average Bonchev–Trinajstić information content (AvgIpc) is 2.84. The molecule has 3 aromatic rings. The van der Waals surface area contributed by atoms with Crippen LogP contribution in [0.5, 0.6) is 0 Å². The molecule has 34 heavy (non-hydrogen) atoms. The molecule has 6 rings (SSSR count). The monoisotopic (exact) mass is 472 g/mol. The van der Waals surface area contributed by atoms with Gasteiger partial charge in [-0.15, -0.1) is 0 Å². The third kappa shape index (κ3) is 4.17. The van der Waals surface area contributed by atoms with Crippen LogP contribution in [0.1, 0.15) is 35.2 Å². The molecule has 1 aliphatic carbocycles. The van der Waals surface area contributed by atoms with Gasteiger partial charge in [0.05, 0.1) is 22.7 Å². The van der Waals surface area contributed by atoms with Crippen molar-refractivity contribution in [1.29, 1.82) is 0 Å². The minimum absolute atomic E-state index is 0.0464. The van der Waals surface area contributed by atoms with Crippen LogP contribution >= 0.6 is 0 Å². The summed E-state index contributed by atoms with van der Waals surface area (Å²) in [7, 11) is 0. The Morgan fingerprint density at radius 2 is 1.76 bits per heavy atom. The van der Waals surface area contributed by atoms with Crippen molar-refractivity contribution < 1.29 is 22.4 Å². The highest BCUT2D eigenvalue weighted by molar-refractivity contribution is 6.00. The number of rotatable bonds is 4. The lowest BCUT2D eigenvalue weighted by Gasteiger charge is -2.50. The van der Waals surface area contributed by atoms with Crippen molar-refractivity contribution in [3.05, 3.63) is 66.0 Å². The number of carbonyl (C=O) groups excluding carboxylic acids is 1. The molecule has 2 saturated heterocycles. The van der Waals surface area contributed by atoms with Crippen molar-refractivity contribution in [2.24, 2.45) is 5.92 Å². The van der Waals surface area contributed by atoms with Gasteiger partial charge >= 0.3 is 6.18 Å². The Morgan fingerprint density at radius 1 is 1.03 bits per heavy atom. The largest absolute Gasteiger partial charge is 0.419 e. The number of piperidine rings is 2. The van der Waals surface area contributed by atoms with Crippen LogP contribution in [0.3, 0.4) is 0 Å². The van der Waals surface area contributed by atoms with Crippen molar-refractivity contribution in [1.82, 2.24) is 24.8 Å². The van der Waals surface area contributed by atoms with E-state index >= 15 is 0 Å². The third-order valence-corrected chi connectivity index (χ3v) is 6.37. The summed E-state index contributed by atoms with van der Waals surface area (Å²) in [6.45, 7) is 0.515. The Bertz CT molecular complexity index is 1190. The number of anilines is 1. The summed E-state index contributed by atoms with van der Waals surface area (Å²) in [4.78, 5) is 31.1. The number of nitrogens with zero attached hydrogens (tertiary/aromatic N) is 5. The van der Waals surface area contributed by atoms with Gasteiger partial charge in [0.1, 0.15) is 5.82 Å². The lowest BCUT2D eigenvalue weighted by atomic mass is 9.76. The van der Waals surface area contributed by atoms with E-state index in [0.29, 0.717) is 13.0 Å². The zero-order valence-corrected chi connectivity index (χ0v) is 17.8. The van der Waals surface area contributed by atoms with Gasteiger partial charge in [0.2, 0.25) is 5.95 Å². The number of aromatic nitrogens is 4. The Morgan fingerprint density at radius 3 is 2.44 bits per heavy atom. The van der Waals surface area contributed by atoms with E-state index in [1.807, 2.05) is 0 Å². The van der Waals surface area contributed by atoms with Gasteiger partial charge in [-0.3, -0.25) is 4.79 Å². The molecule has 2 bridgehead atoms. The molecular formula is C23H20F4N6O. The summed E-state index contributed by atoms with van der Waals surface area (Å²) < 4.78 is 53.2. The van der Waals surface area contributed by atoms with Gasteiger partial charge in [0, 0.05) is 37.4 Å². The topological polar surface area (TPSA) is 83.9 Å². The highest BCUT2D eigenvalue weighted by Gasteiger charge is 2.44. The highest BCUT2D eigenvalue weighted by Crippen LogP contribution is 2.38. The number of amides is 1. The Hall–Kier alpha value is -3.63. The minimum atomic E-state index is -4.52. The molecule has 0 spiro atoms.